The summed E-state index contributed by atoms with van der Waals surface area (Å²) in [7, 11) is 0. The van der Waals surface area contributed by atoms with E-state index in [1.54, 1.807) is 6.20 Å². The predicted octanol–water partition coefficient (Wildman–Crippen LogP) is 5.14. The third-order valence-corrected chi connectivity index (χ3v) is 6.27. The van der Waals surface area contributed by atoms with Crippen molar-refractivity contribution in [2.75, 3.05) is 13.1 Å². The van der Waals surface area contributed by atoms with Crippen LogP contribution in [0.2, 0.25) is 0 Å². The Balaban J connectivity index is 1.69. The van der Waals surface area contributed by atoms with Crippen molar-refractivity contribution >= 4 is 34.3 Å². The number of amidine groups is 1. The molecule has 2 heterocycles. The number of hydrogen-bond donors (Lipinski definition) is 1. The van der Waals surface area contributed by atoms with Crippen molar-refractivity contribution in [2.45, 2.75) is 53.5 Å². The van der Waals surface area contributed by atoms with Crippen LogP contribution in [0.1, 0.15) is 52.5 Å². The minimum absolute atomic E-state index is 0.0268. The summed E-state index contributed by atoms with van der Waals surface area (Å²) in [6.45, 7) is 10.3. The number of nitrogens with two attached hydrogens (primary N) is 1. The monoisotopic (exact) mass is 485 g/mol. The van der Waals surface area contributed by atoms with E-state index in [2.05, 4.69) is 37.8 Å². The van der Waals surface area contributed by atoms with Gasteiger partial charge in [0.15, 0.2) is 0 Å². The highest BCUT2D eigenvalue weighted by molar-refractivity contribution is 6.05. The van der Waals surface area contributed by atoms with Crippen LogP contribution < -0.4 is 11.3 Å². The Kier molecular flexibility index (Phi) is 7.67. The number of fused-ring (bicyclic) bond motifs is 2. The number of amides is 1. The summed E-state index contributed by atoms with van der Waals surface area (Å²) in [6.07, 6.45) is 5.83. The van der Waals surface area contributed by atoms with Crippen molar-refractivity contribution < 1.29 is 4.79 Å². The lowest BCUT2D eigenvalue weighted by Crippen LogP contribution is -2.34. The number of carbonyl (C=O) groups is 1. The van der Waals surface area contributed by atoms with Crippen molar-refractivity contribution in [3.05, 3.63) is 64.1 Å². The van der Waals surface area contributed by atoms with Crippen LogP contribution in [0.4, 0.5) is 5.69 Å². The van der Waals surface area contributed by atoms with Gasteiger partial charge in [0.25, 0.3) is 5.56 Å². The molecule has 4 rings (SSSR count). The Morgan fingerprint density at radius 2 is 1.78 bits per heavy atom. The molecule has 1 amide bonds. The largest absolute Gasteiger partial charge is 0.387 e. The topological polar surface area (TPSA) is 93.6 Å². The van der Waals surface area contributed by atoms with Crippen LogP contribution in [0, 0.1) is 5.92 Å². The van der Waals surface area contributed by atoms with E-state index in [-0.39, 0.29) is 11.5 Å². The van der Waals surface area contributed by atoms with E-state index in [1.807, 2.05) is 47.4 Å². The number of benzene rings is 2. The van der Waals surface area contributed by atoms with Crippen molar-refractivity contribution in [2.24, 2.45) is 16.6 Å². The van der Waals surface area contributed by atoms with Gasteiger partial charge in [0, 0.05) is 42.6 Å². The molecule has 3 aromatic rings. The summed E-state index contributed by atoms with van der Waals surface area (Å²) in [5, 5.41) is 5.82. The smallest absolute Gasteiger partial charge is 0.274 e. The SMILES string of the molecule is CCCN(CCC)C(=O)C1=Cc2ccc(-c3ccc4c(=O)n(CC(C)C)ncc4c3)cc2N=C(N)C1. The molecule has 0 saturated carbocycles. The van der Waals surface area contributed by atoms with Gasteiger partial charge in [-0.3, -0.25) is 9.59 Å². The van der Waals surface area contributed by atoms with Gasteiger partial charge >= 0.3 is 0 Å². The summed E-state index contributed by atoms with van der Waals surface area (Å²) in [5.74, 6) is 0.788. The third-order valence-electron chi connectivity index (χ3n) is 6.27. The first-order valence-corrected chi connectivity index (χ1v) is 12.8. The van der Waals surface area contributed by atoms with E-state index in [4.69, 9.17) is 5.73 Å². The fourth-order valence-corrected chi connectivity index (χ4v) is 4.61. The minimum atomic E-state index is -0.0745. The second-order valence-corrected chi connectivity index (χ2v) is 9.84. The highest BCUT2D eigenvalue weighted by Gasteiger charge is 2.21. The van der Waals surface area contributed by atoms with E-state index in [1.165, 1.54) is 4.68 Å². The van der Waals surface area contributed by atoms with Gasteiger partial charge in [-0.1, -0.05) is 45.9 Å². The van der Waals surface area contributed by atoms with E-state index < -0.39 is 0 Å². The van der Waals surface area contributed by atoms with E-state index in [9.17, 15) is 9.59 Å². The number of aliphatic imine (C=N–C) groups is 1. The van der Waals surface area contributed by atoms with Crippen molar-refractivity contribution in [3.8, 4) is 11.1 Å². The van der Waals surface area contributed by atoms with Gasteiger partial charge in [0.1, 0.15) is 5.84 Å². The van der Waals surface area contributed by atoms with Crippen LogP contribution in [-0.4, -0.2) is 39.5 Å². The maximum Gasteiger partial charge on any atom is 0.274 e. The van der Waals surface area contributed by atoms with Crippen LogP contribution in [0.5, 0.6) is 0 Å². The molecule has 0 unspecified atom stereocenters. The standard InChI is InChI=1S/C29H35N5O2/c1-5-11-33(12-6-2)28(35)23-14-22-8-7-21(15-26(22)32-27(30)16-23)20-9-10-25-24(13-20)17-31-34(29(25)36)18-19(3)4/h7-10,13-15,17,19H,5-6,11-12,16,18H2,1-4H3,(H2,30,32). The van der Waals surface area contributed by atoms with Crippen LogP contribution in [0.25, 0.3) is 28.0 Å². The van der Waals surface area contributed by atoms with E-state index in [0.29, 0.717) is 35.7 Å². The molecule has 0 spiro atoms. The average Bonchev–Trinajstić information content (AvgIpc) is 3.02. The fraction of sp³-hybridized carbons (Fsp3) is 0.379. The lowest BCUT2D eigenvalue weighted by molar-refractivity contribution is -0.127. The summed E-state index contributed by atoms with van der Waals surface area (Å²) in [4.78, 5) is 32.6. The van der Waals surface area contributed by atoms with Crippen molar-refractivity contribution in [1.29, 1.82) is 0 Å². The maximum atomic E-state index is 13.2. The van der Waals surface area contributed by atoms with Gasteiger partial charge in [-0.15, -0.1) is 0 Å². The Hall–Kier alpha value is -3.74. The lowest BCUT2D eigenvalue weighted by Gasteiger charge is -2.22. The Morgan fingerprint density at radius 3 is 2.47 bits per heavy atom. The van der Waals surface area contributed by atoms with Crippen LogP contribution in [-0.2, 0) is 11.3 Å². The minimum Gasteiger partial charge on any atom is -0.387 e. The summed E-state index contributed by atoms with van der Waals surface area (Å²) in [6, 6.07) is 11.8. The molecule has 188 valence electrons. The van der Waals surface area contributed by atoms with Crippen LogP contribution >= 0.6 is 0 Å². The Bertz CT molecular complexity index is 1390. The van der Waals surface area contributed by atoms with Gasteiger partial charge in [-0.25, -0.2) is 9.67 Å². The summed E-state index contributed by atoms with van der Waals surface area (Å²) >= 11 is 0. The average molecular weight is 486 g/mol. The first-order chi connectivity index (χ1) is 17.3. The summed E-state index contributed by atoms with van der Waals surface area (Å²) in [5.41, 5.74) is 10.4. The first kappa shape index (κ1) is 25.4. The van der Waals surface area contributed by atoms with Gasteiger partial charge < -0.3 is 10.6 Å². The molecule has 0 atom stereocenters. The molecule has 0 aliphatic carbocycles. The summed E-state index contributed by atoms with van der Waals surface area (Å²) < 4.78 is 1.53. The molecule has 0 radical (unpaired) electrons. The zero-order chi connectivity index (χ0) is 25.8. The highest BCUT2D eigenvalue weighted by Crippen LogP contribution is 2.33. The van der Waals surface area contributed by atoms with Gasteiger partial charge in [0.05, 0.1) is 17.3 Å². The molecule has 0 bridgehead atoms. The number of rotatable bonds is 8. The number of hydrogen-bond acceptors (Lipinski definition) is 5. The van der Waals surface area contributed by atoms with Crippen LogP contribution in [0.3, 0.4) is 0 Å². The van der Waals surface area contributed by atoms with E-state index in [0.717, 1.165) is 53.7 Å². The second-order valence-electron chi connectivity index (χ2n) is 9.84. The molecule has 0 fully saturated rings. The molecule has 1 aliphatic heterocycles. The molecule has 1 aromatic heterocycles. The molecular formula is C29H35N5O2. The second kappa shape index (κ2) is 10.9. The fourth-order valence-electron chi connectivity index (χ4n) is 4.61. The van der Waals surface area contributed by atoms with Gasteiger partial charge in [-0.2, -0.15) is 5.10 Å². The molecule has 0 saturated heterocycles. The third kappa shape index (κ3) is 5.40. The number of aromatic nitrogens is 2. The maximum absolute atomic E-state index is 13.2. The zero-order valence-corrected chi connectivity index (χ0v) is 21.6. The number of carbonyl (C=O) groups excluding carboxylic acids is 1. The van der Waals surface area contributed by atoms with E-state index >= 15 is 0 Å². The van der Waals surface area contributed by atoms with Crippen LogP contribution in [0.15, 0.2) is 58.0 Å². The predicted molar refractivity (Wildman–Crippen MR) is 147 cm³/mol. The number of nitrogens with zero attached hydrogens (tertiary/aromatic N) is 4. The van der Waals surface area contributed by atoms with Crippen molar-refractivity contribution in [3.63, 3.8) is 0 Å². The molecular weight excluding hydrogens is 450 g/mol. The molecule has 2 aromatic carbocycles. The van der Waals surface area contributed by atoms with Gasteiger partial charge in [-0.05, 0) is 54.2 Å². The van der Waals surface area contributed by atoms with Gasteiger partial charge in [0.2, 0.25) is 5.91 Å². The molecule has 1 aliphatic rings. The normalized spacial score (nSPS) is 13.2. The zero-order valence-electron chi connectivity index (χ0n) is 21.6. The Morgan fingerprint density at radius 1 is 1.08 bits per heavy atom. The van der Waals surface area contributed by atoms with Crippen molar-refractivity contribution in [1.82, 2.24) is 14.7 Å². The lowest BCUT2D eigenvalue weighted by atomic mass is 9.99. The highest BCUT2D eigenvalue weighted by atomic mass is 16.2. The molecule has 2 N–H and O–H groups in total. The molecule has 7 heteroatoms. The quantitative estimate of drug-likeness (QED) is 0.478. The first-order valence-electron chi connectivity index (χ1n) is 12.8. The Labute approximate surface area is 212 Å². The molecule has 36 heavy (non-hydrogen) atoms. The molecule has 7 nitrogen and oxygen atoms in total.